The Morgan fingerprint density at radius 3 is 3.12 bits per heavy atom. The van der Waals surface area contributed by atoms with E-state index >= 15 is 0 Å². The van der Waals surface area contributed by atoms with Gasteiger partial charge in [-0.25, -0.2) is 0 Å². The Hall–Kier alpha value is -2.17. The number of aliphatic imine (C=N–C) groups is 1. The standard InChI is InChI=1S/C19H21N3O3S/c1-24-14-4-3-12-10-22(18(26-2)21-11-20)8-7-19-6-5-13(23)9-15(19)25-17(14)16(12)19/h3-6,13,15,23H,7-10H2,1-2H3/t13-,15?,19?/m0/s1. The number of nitrogens with zero attached hydrogens (tertiary/aromatic N) is 3. The number of methoxy groups -OCH3 is 1. The number of nitriles is 1. The van der Waals surface area contributed by atoms with E-state index in [0.717, 1.165) is 40.8 Å². The molecule has 1 aromatic rings. The van der Waals surface area contributed by atoms with Gasteiger partial charge in [-0.1, -0.05) is 30.0 Å². The van der Waals surface area contributed by atoms with Crippen LogP contribution in [0.3, 0.4) is 0 Å². The van der Waals surface area contributed by atoms with E-state index in [4.69, 9.17) is 14.7 Å². The highest BCUT2D eigenvalue weighted by atomic mass is 32.2. The van der Waals surface area contributed by atoms with Gasteiger partial charge in [0.2, 0.25) is 6.19 Å². The predicted octanol–water partition coefficient (Wildman–Crippen LogP) is 2.42. The lowest BCUT2D eigenvalue weighted by Crippen LogP contribution is -2.43. The summed E-state index contributed by atoms with van der Waals surface area (Å²) in [6, 6.07) is 4.01. The van der Waals surface area contributed by atoms with Crippen molar-refractivity contribution in [3.05, 3.63) is 35.4 Å². The molecule has 0 saturated heterocycles. The fraction of sp³-hybridized carbons (Fsp3) is 0.474. The number of aliphatic hydroxyl groups excluding tert-OH is 1. The molecule has 0 amide bonds. The number of hydrogen-bond donors (Lipinski definition) is 1. The van der Waals surface area contributed by atoms with Crippen molar-refractivity contribution in [3.8, 4) is 17.7 Å². The van der Waals surface area contributed by atoms with Crippen LogP contribution in [0.25, 0.3) is 0 Å². The maximum atomic E-state index is 10.1. The Kier molecular flexibility index (Phi) is 4.33. The molecule has 1 N–H and O–H groups in total. The van der Waals surface area contributed by atoms with Crippen LogP contribution in [0.1, 0.15) is 24.0 Å². The molecule has 0 radical (unpaired) electrons. The van der Waals surface area contributed by atoms with Crippen LogP contribution in [-0.2, 0) is 12.0 Å². The number of ether oxygens (including phenoxy) is 2. The van der Waals surface area contributed by atoms with Gasteiger partial charge in [0, 0.05) is 25.1 Å². The molecule has 1 aliphatic carbocycles. The van der Waals surface area contributed by atoms with Crippen molar-refractivity contribution in [1.82, 2.24) is 4.90 Å². The molecule has 3 aliphatic rings. The molecule has 0 fully saturated rings. The number of aliphatic hydroxyl groups is 1. The van der Waals surface area contributed by atoms with E-state index in [0.29, 0.717) is 13.0 Å². The zero-order valence-corrected chi connectivity index (χ0v) is 15.6. The van der Waals surface area contributed by atoms with Crippen LogP contribution in [0.5, 0.6) is 11.5 Å². The van der Waals surface area contributed by atoms with Crippen molar-refractivity contribution in [2.75, 3.05) is 19.9 Å². The van der Waals surface area contributed by atoms with E-state index in [1.54, 1.807) is 7.11 Å². The summed E-state index contributed by atoms with van der Waals surface area (Å²) < 4.78 is 11.8. The average Bonchev–Trinajstić information content (AvgIpc) is 2.88. The topological polar surface area (TPSA) is 78.1 Å². The molecule has 0 saturated carbocycles. The van der Waals surface area contributed by atoms with Crippen molar-refractivity contribution in [1.29, 1.82) is 5.26 Å². The largest absolute Gasteiger partial charge is 0.493 e. The Labute approximate surface area is 157 Å². The van der Waals surface area contributed by atoms with Gasteiger partial charge in [-0.2, -0.15) is 5.26 Å². The lowest BCUT2D eigenvalue weighted by Gasteiger charge is -2.36. The third-order valence-corrected chi connectivity index (χ3v) is 6.27. The van der Waals surface area contributed by atoms with Crippen LogP contribution in [0.2, 0.25) is 0 Å². The third kappa shape index (κ3) is 2.48. The smallest absolute Gasteiger partial charge is 0.208 e. The van der Waals surface area contributed by atoms with E-state index in [-0.39, 0.29) is 11.5 Å². The number of hydrogen-bond acceptors (Lipinski definition) is 6. The quantitative estimate of drug-likeness (QED) is 0.354. The van der Waals surface area contributed by atoms with Crippen molar-refractivity contribution in [2.24, 2.45) is 4.99 Å². The third-order valence-electron chi connectivity index (χ3n) is 5.55. The van der Waals surface area contributed by atoms with Gasteiger partial charge in [0.1, 0.15) is 6.10 Å². The second kappa shape index (κ2) is 6.53. The molecule has 0 bridgehead atoms. The summed E-state index contributed by atoms with van der Waals surface area (Å²) >= 11 is 1.48. The van der Waals surface area contributed by atoms with E-state index in [1.165, 1.54) is 11.8 Å². The van der Waals surface area contributed by atoms with Crippen molar-refractivity contribution >= 4 is 16.9 Å². The predicted molar refractivity (Wildman–Crippen MR) is 100 cm³/mol. The second-order valence-electron chi connectivity index (χ2n) is 6.81. The lowest BCUT2D eigenvalue weighted by molar-refractivity contribution is 0.0834. The van der Waals surface area contributed by atoms with Gasteiger partial charge in [0.15, 0.2) is 16.7 Å². The normalized spacial score (nSPS) is 29.3. The van der Waals surface area contributed by atoms with Crippen LogP contribution in [0.15, 0.2) is 29.3 Å². The lowest BCUT2D eigenvalue weighted by atomic mass is 9.69. The fourth-order valence-electron chi connectivity index (χ4n) is 4.39. The zero-order valence-electron chi connectivity index (χ0n) is 14.8. The molecule has 2 unspecified atom stereocenters. The number of amidine groups is 1. The molecule has 3 atom stereocenters. The Balaban J connectivity index is 1.86. The van der Waals surface area contributed by atoms with Crippen LogP contribution in [0, 0.1) is 11.5 Å². The minimum absolute atomic E-state index is 0.113. The summed E-state index contributed by atoms with van der Waals surface area (Å²) in [5.74, 6) is 1.52. The molecular weight excluding hydrogens is 350 g/mol. The van der Waals surface area contributed by atoms with Crippen LogP contribution < -0.4 is 9.47 Å². The first-order chi connectivity index (χ1) is 12.6. The summed E-state index contributed by atoms with van der Waals surface area (Å²) in [6.07, 6.45) is 8.64. The molecule has 1 spiro atoms. The van der Waals surface area contributed by atoms with Crippen LogP contribution >= 0.6 is 11.8 Å². The summed E-state index contributed by atoms with van der Waals surface area (Å²) in [7, 11) is 1.65. The monoisotopic (exact) mass is 371 g/mol. The Morgan fingerprint density at radius 2 is 2.38 bits per heavy atom. The molecular formula is C19H21N3O3S. The molecule has 0 aromatic heterocycles. The minimum Gasteiger partial charge on any atom is -0.493 e. The number of benzene rings is 1. The van der Waals surface area contributed by atoms with Gasteiger partial charge in [-0.3, -0.25) is 0 Å². The summed E-state index contributed by atoms with van der Waals surface area (Å²) in [5, 5.41) is 19.8. The van der Waals surface area contributed by atoms with Gasteiger partial charge < -0.3 is 19.5 Å². The first-order valence-electron chi connectivity index (χ1n) is 8.63. The van der Waals surface area contributed by atoms with Crippen LogP contribution in [-0.4, -0.2) is 47.3 Å². The van der Waals surface area contributed by atoms with Crippen molar-refractivity contribution in [3.63, 3.8) is 0 Å². The molecule has 6 nitrogen and oxygen atoms in total. The van der Waals surface area contributed by atoms with Gasteiger partial charge >= 0.3 is 0 Å². The van der Waals surface area contributed by atoms with Gasteiger partial charge in [-0.05, 0) is 24.3 Å². The molecule has 136 valence electrons. The Bertz CT molecular complexity index is 832. The molecule has 2 aliphatic heterocycles. The highest BCUT2D eigenvalue weighted by Gasteiger charge is 2.53. The van der Waals surface area contributed by atoms with Crippen LogP contribution in [0.4, 0.5) is 0 Å². The van der Waals surface area contributed by atoms with E-state index in [1.807, 2.05) is 24.6 Å². The second-order valence-corrected chi connectivity index (χ2v) is 7.58. The Morgan fingerprint density at radius 1 is 1.54 bits per heavy atom. The first-order valence-corrected chi connectivity index (χ1v) is 9.85. The van der Waals surface area contributed by atoms with Crippen molar-refractivity contribution in [2.45, 2.75) is 37.0 Å². The van der Waals surface area contributed by atoms with E-state index in [9.17, 15) is 5.11 Å². The summed E-state index contributed by atoms with van der Waals surface area (Å²) in [4.78, 5) is 6.14. The summed E-state index contributed by atoms with van der Waals surface area (Å²) in [6.45, 7) is 1.43. The number of rotatable bonds is 1. The van der Waals surface area contributed by atoms with E-state index in [2.05, 4.69) is 22.0 Å². The fourth-order valence-corrected chi connectivity index (χ4v) is 4.93. The SMILES string of the molecule is COc1ccc2c3c1OC1C[C@@H](O)C=CC31CCN(C(=NC#N)SC)C2. The van der Waals surface area contributed by atoms with Crippen molar-refractivity contribution < 1.29 is 14.6 Å². The van der Waals surface area contributed by atoms with E-state index < -0.39 is 6.10 Å². The molecule has 4 rings (SSSR count). The molecule has 2 heterocycles. The van der Waals surface area contributed by atoms with Gasteiger partial charge in [0.05, 0.1) is 18.6 Å². The highest BCUT2D eigenvalue weighted by Crippen LogP contribution is 2.55. The minimum atomic E-state index is -0.490. The average molecular weight is 371 g/mol. The molecule has 7 heteroatoms. The molecule has 26 heavy (non-hydrogen) atoms. The molecule has 1 aromatic carbocycles. The van der Waals surface area contributed by atoms with Gasteiger partial charge in [0.25, 0.3) is 0 Å². The zero-order chi connectivity index (χ0) is 18.3. The summed E-state index contributed by atoms with van der Waals surface area (Å²) in [5.41, 5.74) is 2.04. The number of thioether (sulfide) groups is 1. The van der Waals surface area contributed by atoms with Gasteiger partial charge in [-0.15, -0.1) is 4.99 Å². The highest BCUT2D eigenvalue weighted by molar-refractivity contribution is 8.13. The maximum absolute atomic E-state index is 10.1. The maximum Gasteiger partial charge on any atom is 0.208 e. The first kappa shape index (κ1) is 17.3.